The van der Waals surface area contributed by atoms with E-state index in [9.17, 15) is 4.79 Å². The first-order chi connectivity index (χ1) is 8.06. The van der Waals surface area contributed by atoms with Gasteiger partial charge in [0.1, 0.15) is 5.69 Å². The second kappa shape index (κ2) is 4.55. The lowest BCUT2D eigenvalue weighted by Crippen LogP contribution is -2.15. The molecule has 1 aromatic carbocycles. The molecular weight excluding hydrogens is 240 g/mol. The van der Waals surface area contributed by atoms with Gasteiger partial charge >= 0.3 is 0 Å². The monoisotopic (exact) mass is 250 g/mol. The fraction of sp³-hybridized carbons (Fsp3) is 0.182. The number of halogens is 1. The van der Waals surface area contributed by atoms with Crippen LogP contribution in [0.4, 0.5) is 11.6 Å². The zero-order valence-corrected chi connectivity index (χ0v) is 10.2. The Morgan fingerprint density at radius 2 is 2.06 bits per heavy atom. The molecule has 88 valence electrons. The highest BCUT2D eigenvalue weighted by atomic mass is 35.5. The van der Waals surface area contributed by atoms with Crippen LogP contribution in [0.5, 0.6) is 0 Å². The summed E-state index contributed by atoms with van der Waals surface area (Å²) in [5.41, 5.74) is 1.85. The van der Waals surface area contributed by atoms with Crippen LogP contribution in [0.2, 0.25) is 5.02 Å². The van der Waals surface area contributed by atoms with Crippen LogP contribution < -0.4 is 10.9 Å². The Bertz CT molecular complexity index is 609. The van der Waals surface area contributed by atoms with Gasteiger partial charge in [-0.05, 0) is 31.5 Å². The van der Waals surface area contributed by atoms with E-state index in [2.05, 4.69) is 20.5 Å². The molecule has 0 atom stereocenters. The second-order valence-corrected chi connectivity index (χ2v) is 4.11. The molecule has 2 aromatic rings. The van der Waals surface area contributed by atoms with E-state index in [0.717, 1.165) is 11.3 Å². The summed E-state index contributed by atoms with van der Waals surface area (Å²) in [4.78, 5) is 13.9. The van der Waals surface area contributed by atoms with Crippen molar-refractivity contribution in [2.24, 2.45) is 0 Å². The molecule has 0 amide bonds. The summed E-state index contributed by atoms with van der Waals surface area (Å²) < 4.78 is 0. The molecule has 6 heteroatoms. The van der Waals surface area contributed by atoms with E-state index in [1.807, 2.05) is 13.0 Å². The summed E-state index contributed by atoms with van der Waals surface area (Å²) in [5.74, 6) is 0.297. The Kier molecular flexibility index (Phi) is 3.10. The molecule has 17 heavy (non-hydrogen) atoms. The zero-order chi connectivity index (χ0) is 12.4. The normalized spacial score (nSPS) is 10.3. The van der Waals surface area contributed by atoms with Gasteiger partial charge in [0.05, 0.1) is 0 Å². The van der Waals surface area contributed by atoms with Crippen molar-refractivity contribution in [3.63, 3.8) is 0 Å². The van der Waals surface area contributed by atoms with Gasteiger partial charge in [0.15, 0.2) is 0 Å². The van der Waals surface area contributed by atoms with Crippen molar-refractivity contribution in [3.05, 3.63) is 44.8 Å². The van der Waals surface area contributed by atoms with Crippen molar-refractivity contribution in [3.8, 4) is 0 Å². The maximum atomic E-state index is 11.4. The highest BCUT2D eigenvalue weighted by molar-refractivity contribution is 6.30. The Hall–Kier alpha value is -1.88. The number of nitrogens with one attached hydrogen (secondary N) is 2. The minimum Gasteiger partial charge on any atom is -0.324 e. The number of H-pyrrole nitrogens is 1. The van der Waals surface area contributed by atoms with Crippen LogP contribution in [0.3, 0.4) is 0 Å². The molecule has 2 N–H and O–H groups in total. The Morgan fingerprint density at radius 3 is 2.76 bits per heavy atom. The van der Waals surface area contributed by atoms with Crippen molar-refractivity contribution >= 4 is 23.2 Å². The van der Waals surface area contributed by atoms with Crippen LogP contribution in [0, 0.1) is 13.8 Å². The van der Waals surface area contributed by atoms with Gasteiger partial charge in [0.2, 0.25) is 5.95 Å². The Balaban J connectivity index is 2.34. The summed E-state index contributed by atoms with van der Waals surface area (Å²) in [6, 6.07) is 5.44. The summed E-state index contributed by atoms with van der Waals surface area (Å²) in [6.45, 7) is 3.53. The zero-order valence-electron chi connectivity index (χ0n) is 9.41. The molecule has 2 rings (SSSR count). The number of aromatic amines is 1. The van der Waals surface area contributed by atoms with E-state index < -0.39 is 0 Å². The predicted molar refractivity (Wildman–Crippen MR) is 66.9 cm³/mol. The Labute approximate surface area is 103 Å². The van der Waals surface area contributed by atoms with E-state index in [1.54, 1.807) is 19.1 Å². The fourth-order valence-corrected chi connectivity index (χ4v) is 1.48. The van der Waals surface area contributed by atoms with Crippen molar-refractivity contribution < 1.29 is 0 Å². The number of anilines is 2. The molecule has 0 unspecified atom stereocenters. The number of nitrogens with zero attached hydrogens (tertiary/aromatic N) is 2. The van der Waals surface area contributed by atoms with Gasteiger partial charge in [-0.15, -0.1) is 10.2 Å². The number of aryl methyl sites for hydroxylation is 2. The number of aromatic nitrogens is 3. The average Bonchev–Trinajstić information content (AvgIpc) is 2.29. The van der Waals surface area contributed by atoms with Gasteiger partial charge in [-0.1, -0.05) is 17.7 Å². The molecule has 0 aliphatic heterocycles. The van der Waals surface area contributed by atoms with Crippen LogP contribution in [0.25, 0.3) is 0 Å². The molecule has 1 aromatic heterocycles. The van der Waals surface area contributed by atoms with Crippen LogP contribution in [0.15, 0.2) is 23.0 Å². The summed E-state index contributed by atoms with van der Waals surface area (Å²) >= 11 is 5.89. The third-order valence-corrected chi connectivity index (χ3v) is 2.55. The first-order valence-corrected chi connectivity index (χ1v) is 5.41. The number of hydrogen-bond donors (Lipinski definition) is 2. The van der Waals surface area contributed by atoms with E-state index >= 15 is 0 Å². The standard InChI is InChI=1S/C11H11ClN4O/c1-6-3-4-8(12)5-9(6)13-11-14-10(17)7(2)15-16-11/h3-5H,1-2H3,(H2,13,14,16,17). The minimum atomic E-state index is -0.262. The van der Waals surface area contributed by atoms with E-state index in [1.165, 1.54) is 0 Å². The molecule has 0 spiro atoms. The SMILES string of the molecule is Cc1ccc(Cl)cc1Nc1nnc(C)c(=O)[nH]1. The maximum Gasteiger partial charge on any atom is 0.273 e. The topological polar surface area (TPSA) is 70.7 Å². The summed E-state index contributed by atoms with van der Waals surface area (Å²) in [7, 11) is 0. The molecule has 0 saturated heterocycles. The fourth-order valence-electron chi connectivity index (χ4n) is 1.31. The third kappa shape index (κ3) is 2.62. The molecule has 1 heterocycles. The summed E-state index contributed by atoms with van der Waals surface area (Å²) in [6.07, 6.45) is 0. The number of benzene rings is 1. The van der Waals surface area contributed by atoms with Gasteiger partial charge in [0.25, 0.3) is 5.56 Å². The average molecular weight is 251 g/mol. The molecular formula is C11H11ClN4O. The van der Waals surface area contributed by atoms with Crippen molar-refractivity contribution in [2.75, 3.05) is 5.32 Å². The highest BCUT2D eigenvalue weighted by Crippen LogP contribution is 2.21. The van der Waals surface area contributed by atoms with E-state index in [4.69, 9.17) is 11.6 Å². The first kappa shape index (κ1) is 11.6. The quantitative estimate of drug-likeness (QED) is 0.857. The van der Waals surface area contributed by atoms with Gasteiger partial charge in [0, 0.05) is 10.7 Å². The van der Waals surface area contributed by atoms with Crippen molar-refractivity contribution in [1.29, 1.82) is 0 Å². The second-order valence-electron chi connectivity index (χ2n) is 3.67. The van der Waals surface area contributed by atoms with Crippen LogP contribution in [0.1, 0.15) is 11.3 Å². The lowest BCUT2D eigenvalue weighted by Gasteiger charge is -2.08. The third-order valence-electron chi connectivity index (χ3n) is 2.31. The van der Waals surface area contributed by atoms with Crippen LogP contribution >= 0.6 is 11.6 Å². The smallest absolute Gasteiger partial charge is 0.273 e. The molecule has 0 fully saturated rings. The lowest BCUT2D eigenvalue weighted by molar-refractivity contribution is 0.907. The molecule has 0 radical (unpaired) electrons. The van der Waals surface area contributed by atoms with Gasteiger partial charge < -0.3 is 5.32 Å². The minimum absolute atomic E-state index is 0.262. The molecule has 0 saturated carbocycles. The number of hydrogen-bond acceptors (Lipinski definition) is 4. The van der Waals surface area contributed by atoms with Gasteiger partial charge in [-0.3, -0.25) is 9.78 Å². The lowest BCUT2D eigenvalue weighted by atomic mass is 10.2. The van der Waals surface area contributed by atoms with E-state index in [0.29, 0.717) is 16.7 Å². The van der Waals surface area contributed by atoms with Gasteiger partial charge in [-0.25, -0.2) is 0 Å². The molecule has 5 nitrogen and oxygen atoms in total. The summed E-state index contributed by atoms with van der Waals surface area (Å²) in [5, 5.41) is 11.2. The van der Waals surface area contributed by atoms with Crippen LogP contribution in [-0.2, 0) is 0 Å². The highest BCUT2D eigenvalue weighted by Gasteiger charge is 2.03. The van der Waals surface area contributed by atoms with Crippen molar-refractivity contribution in [1.82, 2.24) is 15.2 Å². The molecule has 0 aliphatic carbocycles. The molecule has 0 bridgehead atoms. The van der Waals surface area contributed by atoms with Crippen LogP contribution in [-0.4, -0.2) is 15.2 Å². The van der Waals surface area contributed by atoms with E-state index in [-0.39, 0.29) is 5.56 Å². The molecule has 0 aliphatic rings. The number of rotatable bonds is 2. The predicted octanol–water partition coefficient (Wildman–Crippen LogP) is 2.18. The first-order valence-electron chi connectivity index (χ1n) is 5.03. The largest absolute Gasteiger partial charge is 0.324 e. The van der Waals surface area contributed by atoms with Gasteiger partial charge in [-0.2, -0.15) is 0 Å². The Morgan fingerprint density at radius 1 is 1.29 bits per heavy atom. The van der Waals surface area contributed by atoms with Crippen molar-refractivity contribution in [2.45, 2.75) is 13.8 Å². The maximum absolute atomic E-state index is 11.4.